The highest BCUT2D eigenvalue weighted by atomic mass is 35.5. The van der Waals surface area contributed by atoms with Gasteiger partial charge in [-0.05, 0) is 25.2 Å². The van der Waals surface area contributed by atoms with E-state index in [2.05, 4.69) is 11.9 Å². The molecule has 0 radical (unpaired) electrons. The summed E-state index contributed by atoms with van der Waals surface area (Å²) >= 11 is 5.77. The maximum Gasteiger partial charge on any atom is 0.329 e. The lowest BCUT2D eigenvalue weighted by Crippen LogP contribution is -2.38. The quantitative estimate of drug-likeness (QED) is 0.822. The first-order chi connectivity index (χ1) is 8.00. The SMILES string of the molecule is Cc1c(Cl)[nH]c(=O)n(CC2CCCC2C)c1=O. The maximum atomic E-state index is 12.0. The zero-order chi connectivity index (χ0) is 12.6. The van der Waals surface area contributed by atoms with Crippen LogP contribution >= 0.6 is 11.6 Å². The van der Waals surface area contributed by atoms with Crippen molar-refractivity contribution in [2.24, 2.45) is 11.8 Å². The smallest absolute Gasteiger partial charge is 0.297 e. The first-order valence-electron chi connectivity index (χ1n) is 6.00. The van der Waals surface area contributed by atoms with Crippen LogP contribution in [0, 0.1) is 18.8 Å². The molecule has 0 aliphatic heterocycles. The molecule has 1 aliphatic rings. The van der Waals surface area contributed by atoms with Gasteiger partial charge in [0.1, 0.15) is 5.15 Å². The van der Waals surface area contributed by atoms with E-state index >= 15 is 0 Å². The molecule has 5 heteroatoms. The van der Waals surface area contributed by atoms with E-state index in [4.69, 9.17) is 11.6 Å². The largest absolute Gasteiger partial charge is 0.329 e. The second-order valence-electron chi connectivity index (χ2n) is 4.95. The molecule has 1 saturated carbocycles. The van der Waals surface area contributed by atoms with E-state index in [1.165, 1.54) is 17.4 Å². The lowest BCUT2D eigenvalue weighted by Gasteiger charge is -2.16. The van der Waals surface area contributed by atoms with Crippen LogP contribution in [0.2, 0.25) is 5.15 Å². The number of nitrogens with one attached hydrogen (secondary N) is 1. The van der Waals surface area contributed by atoms with E-state index in [0.29, 0.717) is 23.9 Å². The van der Waals surface area contributed by atoms with Crippen LogP contribution in [-0.4, -0.2) is 9.55 Å². The molecule has 0 saturated heterocycles. The van der Waals surface area contributed by atoms with Crippen LogP contribution in [0.4, 0.5) is 0 Å². The van der Waals surface area contributed by atoms with Crippen molar-refractivity contribution >= 4 is 11.6 Å². The van der Waals surface area contributed by atoms with Gasteiger partial charge in [-0.15, -0.1) is 0 Å². The van der Waals surface area contributed by atoms with Crippen LogP contribution in [0.15, 0.2) is 9.59 Å². The predicted octanol–water partition coefficient (Wildman–Crippen LogP) is 1.93. The summed E-state index contributed by atoms with van der Waals surface area (Å²) in [5, 5.41) is 0.149. The highest BCUT2D eigenvalue weighted by molar-refractivity contribution is 6.30. The molecular formula is C12H17ClN2O2. The summed E-state index contributed by atoms with van der Waals surface area (Å²) in [6.45, 7) is 4.32. The van der Waals surface area contributed by atoms with E-state index in [-0.39, 0.29) is 10.7 Å². The molecular weight excluding hydrogens is 240 g/mol. The summed E-state index contributed by atoms with van der Waals surface area (Å²) in [5.74, 6) is 1.01. The Balaban J connectivity index is 2.36. The van der Waals surface area contributed by atoms with Crippen molar-refractivity contribution in [2.75, 3.05) is 0 Å². The number of halogens is 1. The predicted molar refractivity (Wildman–Crippen MR) is 67.6 cm³/mol. The van der Waals surface area contributed by atoms with Crippen molar-refractivity contribution in [3.8, 4) is 0 Å². The molecule has 0 spiro atoms. The monoisotopic (exact) mass is 256 g/mol. The van der Waals surface area contributed by atoms with E-state index in [1.54, 1.807) is 6.92 Å². The van der Waals surface area contributed by atoms with Crippen LogP contribution in [-0.2, 0) is 6.54 Å². The number of hydrogen-bond acceptors (Lipinski definition) is 2. The van der Waals surface area contributed by atoms with Gasteiger partial charge in [0.15, 0.2) is 0 Å². The molecule has 1 N–H and O–H groups in total. The van der Waals surface area contributed by atoms with Crippen molar-refractivity contribution in [1.29, 1.82) is 0 Å². The second-order valence-corrected chi connectivity index (χ2v) is 5.33. The fourth-order valence-electron chi connectivity index (χ4n) is 2.54. The third-order valence-electron chi connectivity index (χ3n) is 3.81. The van der Waals surface area contributed by atoms with Crippen molar-refractivity contribution < 1.29 is 0 Å². The normalized spacial score (nSPS) is 24.2. The Morgan fingerprint density at radius 3 is 2.71 bits per heavy atom. The third-order valence-corrected chi connectivity index (χ3v) is 4.19. The fourth-order valence-corrected chi connectivity index (χ4v) is 2.70. The van der Waals surface area contributed by atoms with Gasteiger partial charge < -0.3 is 0 Å². The first-order valence-corrected chi connectivity index (χ1v) is 6.37. The summed E-state index contributed by atoms with van der Waals surface area (Å²) in [7, 11) is 0. The zero-order valence-electron chi connectivity index (χ0n) is 10.1. The molecule has 1 aromatic heterocycles. The van der Waals surface area contributed by atoms with Crippen molar-refractivity contribution in [3.05, 3.63) is 31.6 Å². The summed E-state index contributed by atoms with van der Waals surface area (Å²) < 4.78 is 1.29. The van der Waals surface area contributed by atoms with Crippen LogP contribution in [0.5, 0.6) is 0 Å². The number of nitrogens with zero attached hydrogens (tertiary/aromatic N) is 1. The number of H-pyrrole nitrogens is 1. The van der Waals surface area contributed by atoms with Gasteiger partial charge in [0.25, 0.3) is 5.56 Å². The molecule has 2 unspecified atom stereocenters. The summed E-state index contributed by atoms with van der Waals surface area (Å²) in [6.07, 6.45) is 3.46. The Morgan fingerprint density at radius 2 is 2.12 bits per heavy atom. The van der Waals surface area contributed by atoms with E-state index in [9.17, 15) is 9.59 Å². The molecule has 0 bridgehead atoms. The molecule has 1 fully saturated rings. The molecule has 1 aromatic rings. The molecule has 1 aliphatic carbocycles. The number of aromatic amines is 1. The van der Waals surface area contributed by atoms with Gasteiger partial charge in [-0.3, -0.25) is 14.3 Å². The molecule has 4 nitrogen and oxygen atoms in total. The number of rotatable bonds is 2. The fraction of sp³-hybridized carbons (Fsp3) is 0.667. The van der Waals surface area contributed by atoms with Crippen molar-refractivity contribution in [3.63, 3.8) is 0 Å². The lowest BCUT2D eigenvalue weighted by molar-refractivity contribution is 0.352. The highest BCUT2D eigenvalue weighted by Gasteiger charge is 2.25. The minimum Gasteiger partial charge on any atom is -0.297 e. The molecule has 1 heterocycles. The first kappa shape index (κ1) is 12.4. The van der Waals surface area contributed by atoms with Crippen LogP contribution in [0.1, 0.15) is 31.7 Å². The van der Waals surface area contributed by atoms with Crippen LogP contribution < -0.4 is 11.2 Å². The summed E-state index contributed by atoms with van der Waals surface area (Å²) in [5.41, 5.74) is -0.250. The van der Waals surface area contributed by atoms with E-state index in [0.717, 1.165) is 6.42 Å². The van der Waals surface area contributed by atoms with Gasteiger partial charge in [0, 0.05) is 12.1 Å². The second kappa shape index (κ2) is 4.69. The molecule has 2 atom stereocenters. The lowest BCUT2D eigenvalue weighted by atomic mass is 9.98. The average Bonchev–Trinajstić information content (AvgIpc) is 2.67. The Morgan fingerprint density at radius 1 is 1.41 bits per heavy atom. The Labute approximate surface area is 105 Å². The average molecular weight is 257 g/mol. The molecule has 0 amide bonds. The minimum absolute atomic E-state index is 0.149. The zero-order valence-corrected chi connectivity index (χ0v) is 10.9. The standard InChI is InChI=1S/C12H17ClN2O2/c1-7-4-3-5-9(7)6-15-11(16)8(2)10(13)14-12(15)17/h7,9H,3-6H2,1-2H3,(H,14,17). The van der Waals surface area contributed by atoms with Crippen molar-refractivity contribution in [2.45, 2.75) is 39.7 Å². The number of aromatic nitrogens is 2. The molecule has 2 rings (SSSR count). The van der Waals surface area contributed by atoms with Crippen LogP contribution in [0.25, 0.3) is 0 Å². The van der Waals surface area contributed by atoms with Gasteiger partial charge in [0.2, 0.25) is 0 Å². The molecule has 0 aromatic carbocycles. The summed E-state index contributed by atoms with van der Waals surface area (Å²) in [4.78, 5) is 26.2. The highest BCUT2D eigenvalue weighted by Crippen LogP contribution is 2.31. The third kappa shape index (κ3) is 2.32. The topological polar surface area (TPSA) is 54.9 Å². The summed E-state index contributed by atoms with van der Waals surface area (Å²) in [6, 6.07) is 0. The van der Waals surface area contributed by atoms with Gasteiger partial charge in [-0.25, -0.2) is 4.79 Å². The Hall–Kier alpha value is -1.03. The van der Waals surface area contributed by atoms with E-state index in [1.807, 2.05) is 0 Å². The van der Waals surface area contributed by atoms with E-state index < -0.39 is 5.69 Å². The van der Waals surface area contributed by atoms with Crippen LogP contribution in [0.3, 0.4) is 0 Å². The molecule has 94 valence electrons. The van der Waals surface area contributed by atoms with Gasteiger partial charge >= 0.3 is 5.69 Å². The Kier molecular flexibility index (Phi) is 3.43. The maximum absolute atomic E-state index is 12.0. The van der Waals surface area contributed by atoms with Gasteiger partial charge in [0.05, 0.1) is 0 Å². The van der Waals surface area contributed by atoms with Gasteiger partial charge in [-0.2, -0.15) is 0 Å². The minimum atomic E-state index is -0.398. The molecule has 17 heavy (non-hydrogen) atoms. The number of hydrogen-bond donors (Lipinski definition) is 1. The Bertz CT molecular complexity index is 532. The van der Waals surface area contributed by atoms with Crippen molar-refractivity contribution in [1.82, 2.24) is 9.55 Å². The van der Waals surface area contributed by atoms with Gasteiger partial charge in [-0.1, -0.05) is 31.4 Å².